The molecule has 6 nitrogen and oxygen atoms in total. The molecule has 1 aromatic heterocycles. The monoisotopic (exact) mass is 297 g/mol. The van der Waals surface area contributed by atoms with Crippen molar-refractivity contribution in [2.45, 2.75) is 26.3 Å². The van der Waals surface area contributed by atoms with Crippen LogP contribution in [-0.2, 0) is 0 Å². The molecule has 0 radical (unpaired) electrons. The fourth-order valence-corrected chi connectivity index (χ4v) is 3.62. The number of carbonyl (C=O) groups is 2. The second-order valence-corrected chi connectivity index (χ2v) is 5.83. The first-order valence-corrected chi connectivity index (χ1v) is 7.56. The number of carbonyl (C=O) groups excluding carboxylic acids is 1. The van der Waals surface area contributed by atoms with E-state index in [9.17, 15) is 9.59 Å². The second-order valence-electron chi connectivity index (χ2n) is 4.80. The Morgan fingerprint density at radius 3 is 2.55 bits per heavy atom. The molecule has 20 heavy (non-hydrogen) atoms. The molecular formula is C13H19N3O3S. The van der Waals surface area contributed by atoms with Gasteiger partial charge in [-0.15, -0.1) is 11.3 Å². The highest BCUT2D eigenvalue weighted by atomic mass is 32.1. The maximum absolute atomic E-state index is 11.6. The van der Waals surface area contributed by atoms with Crippen LogP contribution in [0.5, 0.6) is 0 Å². The van der Waals surface area contributed by atoms with Crippen LogP contribution in [-0.4, -0.2) is 52.9 Å². The van der Waals surface area contributed by atoms with Crippen LogP contribution < -0.4 is 5.32 Å². The highest BCUT2D eigenvalue weighted by Gasteiger charge is 2.27. The van der Waals surface area contributed by atoms with Crippen LogP contribution in [0.25, 0.3) is 0 Å². The molecule has 110 valence electrons. The number of nitrogens with zero attached hydrogens (tertiary/aromatic N) is 2. The Morgan fingerprint density at radius 1 is 1.45 bits per heavy atom. The Kier molecular flexibility index (Phi) is 4.85. The van der Waals surface area contributed by atoms with Gasteiger partial charge in [-0.2, -0.15) is 0 Å². The number of thiazole rings is 1. The first-order valence-electron chi connectivity index (χ1n) is 6.74. The number of nitrogens with one attached hydrogen (secondary N) is 1. The van der Waals surface area contributed by atoms with E-state index in [4.69, 9.17) is 5.11 Å². The fourth-order valence-electron chi connectivity index (χ4n) is 2.45. The Labute approximate surface area is 121 Å². The quantitative estimate of drug-likeness (QED) is 0.799. The molecule has 0 aliphatic carbocycles. The highest BCUT2D eigenvalue weighted by Crippen LogP contribution is 2.30. The lowest BCUT2D eigenvalue weighted by atomic mass is 10.2. The number of rotatable bonds is 5. The fraction of sp³-hybridized carbons (Fsp3) is 0.615. The molecule has 0 spiro atoms. The minimum atomic E-state index is -1.13. The second kappa shape index (κ2) is 6.43. The molecule has 2 N–H and O–H groups in total. The smallest absolute Gasteiger partial charge is 0.356 e. The number of hydrogen-bond donors (Lipinski definition) is 2. The Balaban J connectivity index is 2.32. The lowest BCUT2D eigenvalue weighted by Gasteiger charge is -2.33. The van der Waals surface area contributed by atoms with Crippen LogP contribution in [0.2, 0.25) is 0 Å². The van der Waals surface area contributed by atoms with Crippen molar-refractivity contribution in [3.05, 3.63) is 15.6 Å². The third-order valence-electron chi connectivity index (χ3n) is 3.43. The molecule has 0 amide bonds. The molecule has 1 aromatic rings. The minimum Gasteiger partial charge on any atom is -0.476 e. The van der Waals surface area contributed by atoms with Crippen molar-refractivity contribution in [2.24, 2.45) is 0 Å². The number of carboxylic acid groups (broad SMARTS) is 1. The molecule has 2 rings (SSSR count). The van der Waals surface area contributed by atoms with Crippen molar-refractivity contribution in [3.63, 3.8) is 0 Å². The molecule has 1 unspecified atom stereocenters. The number of ketones is 1. The van der Waals surface area contributed by atoms with Gasteiger partial charge in [0.05, 0.1) is 6.04 Å². The van der Waals surface area contributed by atoms with E-state index in [1.807, 2.05) is 0 Å². The zero-order valence-corrected chi connectivity index (χ0v) is 12.5. The van der Waals surface area contributed by atoms with Crippen molar-refractivity contribution < 1.29 is 14.7 Å². The number of carboxylic acids is 1. The summed E-state index contributed by atoms with van der Waals surface area (Å²) in [5.41, 5.74) is -0.105. The van der Waals surface area contributed by atoms with Gasteiger partial charge in [0.25, 0.3) is 0 Å². The number of aromatic carboxylic acids is 1. The molecule has 2 heterocycles. The van der Waals surface area contributed by atoms with Crippen molar-refractivity contribution in [3.8, 4) is 0 Å². The van der Waals surface area contributed by atoms with E-state index in [0.29, 0.717) is 0 Å². The molecule has 0 saturated carbocycles. The average molecular weight is 297 g/mol. The molecule has 1 fully saturated rings. The summed E-state index contributed by atoms with van der Waals surface area (Å²) in [4.78, 5) is 29.5. The van der Waals surface area contributed by atoms with Gasteiger partial charge in [-0.05, 0) is 6.42 Å². The first kappa shape index (κ1) is 15.1. The summed E-state index contributed by atoms with van der Waals surface area (Å²) in [6.45, 7) is 7.11. The van der Waals surface area contributed by atoms with Gasteiger partial charge in [-0.3, -0.25) is 9.69 Å². The van der Waals surface area contributed by atoms with Gasteiger partial charge >= 0.3 is 5.97 Å². The van der Waals surface area contributed by atoms with E-state index in [1.165, 1.54) is 18.3 Å². The molecule has 1 atom stereocenters. The summed E-state index contributed by atoms with van der Waals surface area (Å²) >= 11 is 1.22. The SMILES string of the molecule is CCC(c1nc(C(=O)O)c(C(C)=O)s1)N1CCNCC1. The summed E-state index contributed by atoms with van der Waals surface area (Å²) in [6.07, 6.45) is 0.851. The summed E-state index contributed by atoms with van der Waals surface area (Å²) in [5.74, 6) is -1.37. The molecular weight excluding hydrogens is 278 g/mol. The number of piperazine rings is 1. The van der Waals surface area contributed by atoms with E-state index in [1.54, 1.807) is 0 Å². The zero-order chi connectivity index (χ0) is 14.7. The summed E-state index contributed by atoms with van der Waals surface area (Å²) < 4.78 is 0. The maximum atomic E-state index is 11.6. The molecule has 0 bridgehead atoms. The summed E-state index contributed by atoms with van der Waals surface area (Å²) in [7, 11) is 0. The van der Waals surface area contributed by atoms with Gasteiger partial charge in [-0.1, -0.05) is 6.92 Å². The lowest BCUT2D eigenvalue weighted by Crippen LogP contribution is -2.45. The van der Waals surface area contributed by atoms with Crippen molar-refractivity contribution in [2.75, 3.05) is 26.2 Å². The zero-order valence-electron chi connectivity index (χ0n) is 11.7. The predicted octanol–water partition coefficient (Wildman–Crippen LogP) is 1.40. The minimum absolute atomic E-state index is 0.0910. The summed E-state index contributed by atoms with van der Waals surface area (Å²) in [5, 5.41) is 13.2. The summed E-state index contributed by atoms with van der Waals surface area (Å²) in [6, 6.07) is 0.0910. The van der Waals surface area contributed by atoms with Crippen LogP contribution in [0.1, 0.15) is 51.5 Å². The number of aromatic nitrogens is 1. The van der Waals surface area contributed by atoms with Crippen molar-refractivity contribution >= 4 is 23.1 Å². The van der Waals surface area contributed by atoms with Crippen LogP contribution in [0.4, 0.5) is 0 Å². The van der Waals surface area contributed by atoms with E-state index in [0.717, 1.165) is 37.6 Å². The topological polar surface area (TPSA) is 82.5 Å². The highest BCUT2D eigenvalue weighted by molar-refractivity contribution is 7.14. The molecule has 7 heteroatoms. The lowest BCUT2D eigenvalue weighted by molar-refractivity contribution is 0.0686. The molecule has 1 aliphatic heterocycles. The third-order valence-corrected chi connectivity index (χ3v) is 4.69. The van der Waals surface area contributed by atoms with Crippen LogP contribution in [0.15, 0.2) is 0 Å². The van der Waals surface area contributed by atoms with Crippen molar-refractivity contribution in [1.29, 1.82) is 0 Å². The van der Waals surface area contributed by atoms with Crippen LogP contribution in [0, 0.1) is 0 Å². The Hall–Kier alpha value is -1.31. The average Bonchev–Trinajstić information content (AvgIpc) is 2.86. The third kappa shape index (κ3) is 3.05. The normalized spacial score (nSPS) is 17.9. The standard InChI is InChI=1S/C13H19N3O3S/c1-3-9(16-6-4-14-5-7-16)12-15-10(13(18)19)11(20-12)8(2)17/h9,14H,3-7H2,1-2H3,(H,18,19). The number of hydrogen-bond acceptors (Lipinski definition) is 6. The van der Waals surface area contributed by atoms with Gasteiger partial charge < -0.3 is 10.4 Å². The first-order chi connectivity index (χ1) is 9.54. The van der Waals surface area contributed by atoms with Gasteiger partial charge in [0.2, 0.25) is 0 Å². The van der Waals surface area contributed by atoms with Gasteiger partial charge in [0, 0.05) is 33.1 Å². The van der Waals surface area contributed by atoms with E-state index in [2.05, 4.69) is 22.1 Å². The molecule has 1 aliphatic rings. The predicted molar refractivity (Wildman–Crippen MR) is 76.6 cm³/mol. The Morgan fingerprint density at radius 2 is 2.10 bits per heavy atom. The van der Waals surface area contributed by atoms with Crippen LogP contribution in [0.3, 0.4) is 0 Å². The Bertz CT molecular complexity index is 477. The largest absolute Gasteiger partial charge is 0.476 e. The van der Waals surface area contributed by atoms with Gasteiger partial charge in [0.1, 0.15) is 9.88 Å². The van der Waals surface area contributed by atoms with E-state index < -0.39 is 5.97 Å². The number of Topliss-reactive ketones (excluding diaryl/α,β-unsaturated/α-hetero) is 1. The van der Waals surface area contributed by atoms with E-state index >= 15 is 0 Å². The van der Waals surface area contributed by atoms with Crippen LogP contribution >= 0.6 is 11.3 Å². The van der Waals surface area contributed by atoms with E-state index in [-0.39, 0.29) is 22.4 Å². The van der Waals surface area contributed by atoms with Crippen molar-refractivity contribution in [1.82, 2.24) is 15.2 Å². The maximum Gasteiger partial charge on any atom is 0.356 e. The molecule has 0 aromatic carbocycles. The van der Waals surface area contributed by atoms with Gasteiger partial charge in [-0.25, -0.2) is 9.78 Å². The van der Waals surface area contributed by atoms with Gasteiger partial charge in [0.15, 0.2) is 11.5 Å². The molecule has 1 saturated heterocycles.